The first-order valence-electron chi connectivity index (χ1n) is 11.5. The number of aromatic hydroxyl groups is 1. The smallest absolute Gasteiger partial charge is 0.331 e. The third kappa shape index (κ3) is 4.29. The number of benzene rings is 1. The molecule has 4 aliphatic rings. The van der Waals surface area contributed by atoms with Crippen LogP contribution in [0, 0.1) is 11.8 Å². The Morgan fingerprint density at radius 2 is 1.81 bits per heavy atom. The van der Waals surface area contributed by atoms with Gasteiger partial charge in [0.2, 0.25) is 6.29 Å². The van der Waals surface area contributed by atoms with Gasteiger partial charge in [-0.05, 0) is 29.8 Å². The van der Waals surface area contributed by atoms with Crippen molar-refractivity contribution in [1.29, 1.82) is 0 Å². The summed E-state index contributed by atoms with van der Waals surface area (Å²) in [6.07, 6.45) is -4.18. The largest absolute Gasteiger partial charge is 0.508 e. The third-order valence-corrected chi connectivity index (χ3v) is 7.16. The molecule has 1 aromatic carbocycles. The maximum absolute atomic E-state index is 12.6. The topological polar surface area (TPSA) is 188 Å². The van der Waals surface area contributed by atoms with Gasteiger partial charge in [0, 0.05) is 12.0 Å². The summed E-state index contributed by atoms with van der Waals surface area (Å²) < 4.78 is 28.3. The van der Waals surface area contributed by atoms with E-state index < -0.39 is 85.8 Å². The van der Waals surface area contributed by atoms with E-state index in [-0.39, 0.29) is 5.75 Å². The summed E-state index contributed by atoms with van der Waals surface area (Å²) in [6.45, 7) is -1.04. The van der Waals surface area contributed by atoms with Crippen LogP contribution in [0.2, 0.25) is 0 Å². The molecule has 1 aliphatic carbocycles. The zero-order chi connectivity index (χ0) is 25.6. The number of rotatable bonds is 7. The van der Waals surface area contributed by atoms with Crippen molar-refractivity contribution in [2.45, 2.75) is 54.8 Å². The summed E-state index contributed by atoms with van der Waals surface area (Å²) in [4.78, 5) is 12.6. The number of carbonyl (C=O) groups excluding carboxylic acids is 1. The molecule has 1 aromatic rings. The molecule has 3 heterocycles. The molecule has 0 spiro atoms. The highest BCUT2D eigenvalue weighted by Gasteiger charge is 2.77. The molecule has 0 radical (unpaired) electrons. The van der Waals surface area contributed by atoms with Crippen molar-refractivity contribution < 1.29 is 59.1 Å². The Morgan fingerprint density at radius 1 is 1.06 bits per heavy atom. The molecular weight excluding hydrogens is 480 g/mol. The highest BCUT2D eigenvalue weighted by molar-refractivity contribution is 5.87. The number of fused-ring (bicyclic) bond motifs is 3. The Labute approximate surface area is 205 Å². The van der Waals surface area contributed by atoms with Gasteiger partial charge in [0.05, 0.1) is 25.4 Å². The maximum Gasteiger partial charge on any atom is 0.331 e. The van der Waals surface area contributed by atoms with Crippen LogP contribution in [0.25, 0.3) is 6.08 Å². The molecule has 3 aliphatic heterocycles. The molecular formula is C24H28O12. The van der Waals surface area contributed by atoms with Gasteiger partial charge in [-0.3, -0.25) is 0 Å². The van der Waals surface area contributed by atoms with Crippen LogP contribution in [0.4, 0.5) is 0 Å². The molecule has 0 bridgehead atoms. The van der Waals surface area contributed by atoms with Gasteiger partial charge < -0.3 is 54.3 Å². The van der Waals surface area contributed by atoms with Gasteiger partial charge in [-0.15, -0.1) is 0 Å². The lowest BCUT2D eigenvalue weighted by Gasteiger charge is -2.43. The molecule has 36 heavy (non-hydrogen) atoms. The lowest BCUT2D eigenvalue weighted by molar-refractivity contribution is -0.344. The Bertz CT molecular complexity index is 1010. The first-order chi connectivity index (χ1) is 17.3. The predicted octanol–water partition coefficient (Wildman–Crippen LogP) is -1.62. The Morgan fingerprint density at radius 3 is 2.50 bits per heavy atom. The van der Waals surface area contributed by atoms with Crippen LogP contribution in [0.5, 0.6) is 5.75 Å². The highest BCUT2D eigenvalue weighted by Crippen LogP contribution is 2.60. The van der Waals surface area contributed by atoms with Crippen LogP contribution >= 0.6 is 0 Å². The predicted molar refractivity (Wildman–Crippen MR) is 118 cm³/mol. The molecule has 0 unspecified atom stereocenters. The molecule has 6 N–H and O–H groups in total. The van der Waals surface area contributed by atoms with E-state index in [1.807, 2.05) is 0 Å². The fourth-order valence-electron chi connectivity index (χ4n) is 5.21. The van der Waals surface area contributed by atoms with Crippen LogP contribution in [-0.2, 0) is 28.5 Å². The molecule has 5 rings (SSSR count). The summed E-state index contributed by atoms with van der Waals surface area (Å²) in [7, 11) is 0. The van der Waals surface area contributed by atoms with Gasteiger partial charge in [0.1, 0.15) is 48.0 Å². The number of esters is 1. The van der Waals surface area contributed by atoms with Crippen LogP contribution in [0.3, 0.4) is 0 Å². The van der Waals surface area contributed by atoms with E-state index in [9.17, 15) is 35.4 Å². The fourth-order valence-corrected chi connectivity index (χ4v) is 5.21. The highest BCUT2D eigenvalue weighted by atomic mass is 16.8. The van der Waals surface area contributed by atoms with Gasteiger partial charge in [0.25, 0.3) is 0 Å². The number of carbonyl (C=O) groups is 1. The van der Waals surface area contributed by atoms with Crippen molar-refractivity contribution in [2.75, 3.05) is 13.2 Å². The van der Waals surface area contributed by atoms with E-state index in [2.05, 4.69) is 0 Å². The third-order valence-electron chi connectivity index (χ3n) is 7.16. The molecule has 3 fully saturated rings. The van der Waals surface area contributed by atoms with Crippen LogP contribution in [-0.4, -0.2) is 105 Å². The monoisotopic (exact) mass is 508 g/mol. The van der Waals surface area contributed by atoms with E-state index >= 15 is 0 Å². The lowest BCUT2D eigenvalue weighted by Crippen LogP contribution is -2.60. The number of epoxide rings is 1. The number of phenols is 1. The van der Waals surface area contributed by atoms with Crippen molar-refractivity contribution in [3.63, 3.8) is 0 Å². The average molecular weight is 508 g/mol. The van der Waals surface area contributed by atoms with Gasteiger partial charge in [-0.1, -0.05) is 12.1 Å². The second kappa shape index (κ2) is 9.72. The quantitative estimate of drug-likeness (QED) is 0.141. The Hall–Kier alpha value is -2.55. The van der Waals surface area contributed by atoms with Crippen molar-refractivity contribution in [3.8, 4) is 5.75 Å². The summed E-state index contributed by atoms with van der Waals surface area (Å²) in [5, 5.41) is 59.3. The minimum Gasteiger partial charge on any atom is -0.508 e. The van der Waals surface area contributed by atoms with Crippen LogP contribution in [0.15, 0.2) is 42.7 Å². The first kappa shape index (κ1) is 25.1. The number of hydrogen-bond donors (Lipinski definition) is 6. The molecule has 11 atom stereocenters. The zero-order valence-electron chi connectivity index (χ0n) is 18.9. The summed E-state index contributed by atoms with van der Waals surface area (Å²) in [5.74, 6) is -1.67. The molecule has 12 nitrogen and oxygen atoms in total. The second-order valence-electron chi connectivity index (χ2n) is 9.25. The standard InChI is InChI=1S/C24H28O12/c25-9-14-17(29)18(30)19(31)23(33-14)35-22-16-13(7-8-32-22)20(21-24(16,10-26)36-21)34-15(28)6-3-11-1-4-12(27)5-2-11/h1-8,13-14,16-23,25-27,29-31H,9-10H2/b6-3+/t13-,14+,16+,17+,18-,19+,20-,21-,22-,23-,24+/m0/s1. The van der Waals surface area contributed by atoms with E-state index in [0.717, 1.165) is 0 Å². The van der Waals surface area contributed by atoms with Gasteiger partial charge >= 0.3 is 5.97 Å². The molecule has 0 amide bonds. The van der Waals surface area contributed by atoms with E-state index in [4.69, 9.17) is 23.7 Å². The SMILES string of the molecule is O=C(/C=C/c1ccc(O)cc1)O[C@H]1[C@H]2C=CO[C@@H](O[C@@H]3O[C@H](CO)[C@@H](O)[C@H](O)[C@H]3O)[C@@H]2[C@@]2(CO)O[C@@H]12. The average Bonchev–Trinajstić information content (AvgIpc) is 3.56. The minimum atomic E-state index is -1.64. The Kier molecular flexibility index (Phi) is 6.78. The Balaban J connectivity index is 1.30. The first-order valence-corrected chi connectivity index (χ1v) is 11.5. The summed E-state index contributed by atoms with van der Waals surface area (Å²) >= 11 is 0. The number of phenolic OH excluding ortho intramolecular Hbond substituents is 1. The fraction of sp³-hybridized carbons (Fsp3) is 0.542. The number of ether oxygens (including phenoxy) is 5. The van der Waals surface area contributed by atoms with Gasteiger partial charge in [-0.25, -0.2) is 4.79 Å². The van der Waals surface area contributed by atoms with Gasteiger partial charge in [-0.2, -0.15) is 0 Å². The van der Waals surface area contributed by atoms with Crippen LogP contribution < -0.4 is 0 Å². The normalized spacial score (nSPS) is 43.0. The van der Waals surface area contributed by atoms with Crippen molar-refractivity contribution in [1.82, 2.24) is 0 Å². The van der Waals surface area contributed by atoms with Crippen molar-refractivity contribution in [3.05, 3.63) is 48.2 Å². The summed E-state index contributed by atoms with van der Waals surface area (Å²) in [6, 6.07) is 6.24. The maximum atomic E-state index is 12.6. The minimum absolute atomic E-state index is 0.102. The lowest BCUT2D eigenvalue weighted by atomic mass is 9.85. The van der Waals surface area contributed by atoms with E-state index in [1.54, 1.807) is 18.2 Å². The second-order valence-corrected chi connectivity index (χ2v) is 9.25. The van der Waals surface area contributed by atoms with E-state index in [0.29, 0.717) is 5.56 Å². The van der Waals surface area contributed by atoms with Crippen molar-refractivity contribution in [2.24, 2.45) is 11.8 Å². The zero-order valence-corrected chi connectivity index (χ0v) is 18.9. The molecule has 0 aromatic heterocycles. The number of aliphatic hydroxyl groups excluding tert-OH is 5. The van der Waals surface area contributed by atoms with Gasteiger partial charge in [0.15, 0.2) is 6.29 Å². The molecule has 196 valence electrons. The molecule has 1 saturated carbocycles. The number of aliphatic hydroxyl groups is 5. The van der Waals surface area contributed by atoms with Crippen molar-refractivity contribution >= 4 is 12.0 Å². The summed E-state index contributed by atoms with van der Waals surface area (Å²) in [5.41, 5.74) is -0.444. The number of hydrogen-bond acceptors (Lipinski definition) is 12. The van der Waals surface area contributed by atoms with Crippen LogP contribution in [0.1, 0.15) is 5.56 Å². The molecule has 12 heteroatoms. The van der Waals surface area contributed by atoms with E-state index in [1.165, 1.54) is 30.5 Å². The molecule has 2 saturated heterocycles.